The summed E-state index contributed by atoms with van der Waals surface area (Å²) in [6.07, 6.45) is 23.2. The lowest BCUT2D eigenvalue weighted by Gasteiger charge is -2.34. The summed E-state index contributed by atoms with van der Waals surface area (Å²) < 4.78 is 2.12. The maximum atomic E-state index is 16.5. The molecule has 9 rings (SSSR count). The van der Waals surface area contributed by atoms with Crippen molar-refractivity contribution in [2.75, 3.05) is 10.0 Å². The van der Waals surface area contributed by atoms with E-state index in [1.54, 1.807) is 54.6 Å². The number of rotatable bonds is 33. The molecule has 4 amide bonds. The number of unbranched alkanes of at least 4 members (excludes halogenated alkanes) is 18. The van der Waals surface area contributed by atoms with E-state index < -0.39 is 64.3 Å². The van der Waals surface area contributed by atoms with E-state index in [1.165, 1.54) is 111 Å². The molecule has 2 saturated heterocycles. The number of amides is 4. The summed E-state index contributed by atoms with van der Waals surface area (Å²) in [6.45, 7) is 4.43. The maximum absolute atomic E-state index is 16.5. The van der Waals surface area contributed by atoms with E-state index in [-0.39, 0.29) is 75.6 Å². The number of aryl methyl sites for hydroxylation is 2. The molecule has 22 heteroatoms. The van der Waals surface area contributed by atoms with E-state index in [0.29, 0.717) is 18.4 Å². The molecule has 0 spiro atoms. The molecule has 2 fully saturated rings. The van der Waals surface area contributed by atoms with Crippen LogP contribution in [0.4, 0.5) is 23.0 Å². The maximum Gasteiger partial charge on any atom is 0.277 e. The van der Waals surface area contributed by atoms with Gasteiger partial charge in [-0.2, -0.15) is 10.0 Å². The van der Waals surface area contributed by atoms with Gasteiger partial charge in [-0.3, -0.25) is 39.0 Å². The van der Waals surface area contributed by atoms with Crippen LogP contribution in [0.15, 0.2) is 113 Å². The Hall–Kier alpha value is -5.68. The number of hydrogen-bond acceptors (Lipinski definition) is 8. The summed E-state index contributed by atoms with van der Waals surface area (Å²) in [4.78, 5) is 91.7. The van der Waals surface area contributed by atoms with Gasteiger partial charge in [-0.25, -0.2) is 19.4 Å². The fourth-order valence-electron chi connectivity index (χ4n) is 12.3. The summed E-state index contributed by atoms with van der Waals surface area (Å²) in [5.74, 6) is -5.02. The van der Waals surface area contributed by atoms with Crippen LogP contribution >= 0.6 is 92.8 Å². The van der Waals surface area contributed by atoms with Crippen LogP contribution in [0.1, 0.15) is 189 Å². The normalized spacial score (nSPS) is 15.5. The Kier molecular flexibility index (Phi) is 25.2. The average molecular weight is 1400 g/mol. The summed E-state index contributed by atoms with van der Waals surface area (Å²) in [5.41, 5.74) is 0.155. The molecule has 0 bridgehead atoms. The number of carbonyl (C=O) groups is 4. The van der Waals surface area contributed by atoms with Crippen LogP contribution in [-0.4, -0.2) is 64.0 Å². The number of nitrogens with zero attached hydrogens (tertiary/aromatic N) is 6. The molecular formula is C69H76Cl8N8O6. The number of H-pyrrole nitrogens is 2. The summed E-state index contributed by atoms with van der Waals surface area (Å²) >= 11 is 54.7. The first-order valence-electron chi connectivity index (χ1n) is 31.8. The van der Waals surface area contributed by atoms with Crippen molar-refractivity contribution in [2.45, 2.75) is 185 Å². The van der Waals surface area contributed by atoms with E-state index in [2.05, 4.69) is 24.0 Å². The van der Waals surface area contributed by atoms with Gasteiger partial charge in [0.15, 0.2) is 11.6 Å². The van der Waals surface area contributed by atoms with Crippen LogP contribution in [0.5, 0.6) is 0 Å². The lowest BCUT2D eigenvalue weighted by atomic mass is 9.86. The molecule has 14 nitrogen and oxygen atoms in total. The molecule has 4 heterocycles. The lowest BCUT2D eigenvalue weighted by Crippen LogP contribution is -2.45. The first-order valence-corrected chi connectivity index (χ1v) is 34.9. The highest BCUT2D eigenvalue weighted by molar-refractivity contribution is 6.41. The SMILES string of the molecule is CCCCCCCCCCCCc1cccc(N(c2[nH]n(-c3c(Cl)cc(Cl)cc3Cl)c(=O)c2C(c2ccccc2)c2c(N(c3cccc(CCCCCCCCCCCC)c3)N3C(=O)CC(Cl)C3=O)[nH]n(-c3c(Cl)cc(Cl)cc3Cl)c2=O)N2C(=O)CC(Cl)C2=O)c1. The van der Waals surface area contributed by atoms with E-state index >= 15 is 9.59 Å². The van der Waals surface area contributed by atoms with Crippen molar-refractivity contribution in [3.05, 3.63) is 182 Å². The minimum Gasteiger partial charge on any atom is -0.274 e. The van der Waals surface area contributed by atoms with Gasteiger partial charge in [0.05, 0.1) is 61.4 Å². The first kappa shape index (κ1) is 69.7. The Morgan fingerprint density at radius 3 is 1.11 bits per heavy atom. The molecule has 0 radical (unpaired) electrons. The van der Waals surface area contributed by atoms with Gasteiger partial charge in [-0.05, 0) is 90.9 Å². The van der Waals surface area contributed by atoms with Gasteiger partial charge >= 0.3 is 0 Å². The van der Waals surface area contributed by atoms with Crippen molar-refractivity contribution in [1.29, 1.82) is 0 Å². The predicted molar refractivity (Wildman–Crippen MR) is 371 cm³/mol. The van der Waals surface area contributed by atoms with E-state index in [0.717, 1.165) is 81.9 Å². The Labute approximate surface area is 571 Å². The highest BCUT2D eigenvalue weighted by atomic mass is 35.5. The second-order valence-corrected chi connectivity index (χ2v) is 27.1. The molecule has 2 aliphatic heterocycles. The Balaban J connectivity index is 1.28. The Bertz CT molecular complexity index is 3560. The fraction of sp³-hybridized carbons (Fsp3) is 0.420. The number of hydrogen-bond donors (Lipinski definition) is 2. The molecule has 2 N–H and O–H groups in total. The van der Waals surface area contributed by atoms with Gasteiger partial charge in [0.1, 0.15) is 22.1 Å². The third kappa shape index (κ3) is 16.5. The second-order valence-electron chi connectivity index (χ2n) is 23.6. The topological polar surface area (TPSA) is 157 Å². The molecule has 2 aliphatic rings. The molecule has 2 atom stereocenters. The number of aromatic nitrogens is 4. The quantitative estimate of drug-likeness (QED) is 0.0234. The standard InChI is InChI=1S/C69H76Cl8N8O6/c1-3-5-7-9-11-13-15-17-19-22-28-44-30-26-34-49(36-44)82(84-57(86)42-55(76)66(84)88)64-60(68(90)80(78-64)62-51(72)38-47(70)39-52(62)73)59(46-32-24-21-25-33-46)61-65(79-81(69(61)91)63-53(74)40-48(71)41-54(63)75)83(85-58(87)43-56(77)67(85)89)50-35-27-31-45(37-50)29-23-20-18-16-14-12-10-8-6-4-2/h21,24-27,30-41,55-56,59,78-79H,3-20,22-23,28-29,42-43H2,1-2H3. The second kappa shape index (κ2) is 32.9. The van der Waals surface area contributed by atoms with Crippen molar-refractivity contribution in [1.82, 2.24) is 29.6 Å². The van der Waals surface area contributed by atoms with Crippen LogP contribution in [0.3, 0.4) is 0 Å². The van der Waals surface area contributed by atoms with Gasteiger partial charge in [0.25, 0.3) is 34.7 Å². The number of benzene rings is 5. The molecular weight excluding hydrogens is 1320 g/mol. The highest BCUT2D eigenvalue weighted by Crippen LogP contribution is 2.46. The largest absolute Gasteiger partial charge is 0.277 e. The zero-order valence-electron chi connectivity index (χ0n) is 51.2. The monoisotopic (exact) mass is 1390 g/mol. The number of halogens is 8. The third-order valence-corrected chi connectivity index (χ3v) is 19.1. The minimum absolute atomic E-state index is 0.0725. The van der Waals surface area contributed by atoms with Crippen LogP contribution in [-0.2, 0) is 32.0 Å². The van der Waals surface area contributed by atoms with Gasteiger partial charge < -0.3 is 0 Å². The van der Waals surface area contributed by atoms with Crippen molar-refractivity contribution in [3.63, 3.8) is 0 Å². The number of aromatic amines is 2. The van der Waals surface area contributed by atoms with Crippen LogP contribution in [0.25, 0.3) is 11.4 Å². The average Bonchev–Trinajstić information content (AvgIpc) is 1.58. The molecule has 91 heavy (non-hydrogen) atoms. The third-order valence-electron chi connectivity index (χ3n) is 16.8. The number of anilines is 4. The summed E-state index contributed by atoms with van der Waals surface area (Å²) in [7, 11) is 0. The van der Waals surface area contributed by atoms with E-state index in [1.807, 2.05) is 24.3 Å². The zero-order chi connectivity index (χ0) is 64.9. The Morgan fingerprint density at radius 2 is 0.780 bits per heavy atom. The van der Waals surface area contributed by atoms with Crippen molar-refractivity contribution < 1.29 is 19.2 Å². The Morgan fingerprint density at radius 1 is 0.440 bits per heavy atom. The van der Waals surface area contributed by atoms with Crippen molar-refractivity contribution in [3.8, 4) is 11.4 Å². The number of nitrogens with one attached hydrogen (secondary N) is 2. The molecule has 2 aromatic heterocycles. The summed E-state index contributed by atoms with van der Waals surface area (Å²) in [5, 5.41) is 8.22. The van der Waals surface area contributed by atoms with E-state index in [9.17, 15) is 19.2 Å². The van der Waals surface area contributed by atoms with Crippen LogP contribution in [0, 0.1) is 0 Å². The smallest absolute Gasteiger partial charge is 0.274 e. The molecule has 0 aliphatic carbocycles. The fourth-order valence-corrected chi connectivity index (χ4v) is 14.7. The van der Waals surface area contributed by atoms with Gasteiger partial charge in [-0.15, -0.1) is 23.2 Å². The van der Waals surface area contributed by atoms with E-state index in [4.69, 9.17) is 92.8 Å². The van der Waals surface area contributed by atoms with Gasteiger partial charge in [0, 0.05) is 10.0 Å². The summed E-state index contributed by atoms with van der Waals surface area (Å²) in [6, 6.07) is 28.7. The molecule has 0 saturated carbocycles. The predicted octanol–water partition coefficient (Wildman–Crippen LogP) is 19.5. The van der Waals surface area contributed by atoms with Crippen molar-refractivity contribution >= 4 is 139 Å². The molecule has 2 unspecified atom stereocenters. The molecule has 5 aromatic carbocycles. The highest BCUT2D eigenvalue weighted by Gasteiger charge is 2.48. The number of alkyl halides is 2. The number of carbonyl (C=O) groups excluding carboxylic acids is 4. The minimum atomic E-state index is -1.61. The molecule has 7 aromatic rings. The number of imide groups is 2. The van der Waals surface area contributed by atoms with Gasteiger partial charge in [-0.1, -0.05) is 254 Å². The van der Waals surface area contributed by atoms with Crippen LogP contribution < -0.4 is 21.1 Å². The lowest BCUT2D eigenvalue weighted by molar-refractivity contribution is -0.140. The zero-order valence-corrected chi connectivity index (χ0v) is 57.2. The first-order chi connectivity index (χ1) is 43.9. The van der Waals surface area contributed by atoms with Crippen LogP contribution in [0.2, 0.25) is 30.1 Å². The number of hydrazine groups is 2. The molecule has 484 valence electrons. The van der Waals surface area contributed by atoms with Crippen molar-refractivity contribution in [2.24, 2.45) is 0 Å². The van der Waals surface area contributed by atoms with Gasteiger partial charge in [0.2, 0.25) is 0 Å².